The zero-order chi connectivity index (χ0) is 14.9. The number of hydrogen-bond acceptors (Lipinski definition) is 2. The topological polar surface area (TPSA) is 55.1 Å². The van der Waals surface area contributed by atoms with Gasteiger partial charge in [-0.25, -0.2) is 4.39 Å². The molecule has 0 spiro atoms. The number of nitrogens with two attached hydrogens (primary N) is 1. The summed E-state index contributed by atoms with van der Waals surface area (Å²) in [7, 11) is 0. The van der Waals surface area contributed by atoms with Crippen molar-refractivity contribution in [2.24, 2.45) is 0 Å². The standard InChI is InChI=1S/C14H11Br2FN2O/c1-7-4-11(17)10(16)6-13(7)19-14(20)9-5-8(15)2-3-12(9)18/h2-6H,18H2,1H3,(H,19,20). The number of nitrogens with one attached hydrogen (secondary N) is 1. The first-order chi connectivity index (χ1) is 9.38. The number of benzene rings is 2. The zero-order valence-corrected chi connectivity index (χ0v) is 13.7. The van der Waals surface area contributed by atoms with Crippen LogP contribution in [0.2, 0.25) is 0 Å². The Hall–Kier alpha value is -1.40. The molecule has 0 aliphatic rings. The van der Waals surface area contributed by atoms with Crippen molar-refractivity contribution in [1.82, 2.24) is 0 Å². The highest BCUT2D eigenvalue weighted by atomic mass is 79.9. The lowest BCUT2D eigenvalue weighted by atomic mass is 10.1. The van der Waals surface area contributed by atoms with Crippen molar-refractivity contribution in [3.63, 3.8) is 0 Å². The van der Waals surface area contributed by atoms with Gasteiger partial charge in [-0.3, -0.25) is 4.79 Å². The number of anilines is 2. The molecule has 0 radical (unpaired) electrons. The number of carbonyl (C=O) groups excluding carboxylic acids is 1. The molecule has 0 saturated carbocycles. The third-order valence-corrected chi connectivity index (χ3v) is 3.88. The molecule has 0 atom stereocenters. The Morgan fingerprint density at radius 2 is 1.95 bits per heavy atom. The molecule has 2 aromatic carbocycles. The fraction of sp³-hybridized carbons (Fsp3) is 0.0714. The van der Waals surface area contributed by atoms with E-state index < -0.39 is 0 Å². The largest absolute Gasteiger partial charge is 0.398 e. The predicted octanol–water partition coefficient (Wildman–Crippen LogP) is 4.49. The molecule has 1 amide bonds. The van der Waals surface area contributed by atoms with Gasteiger partial charge in [0.05, 0.1) is 10.0 Å². The van der Waals surface area contributed by atoms with Crippen LogP contribution in [0.5, 0.6) is 0 Å². The number of halogens is 3. The molecule has 0 aliphatic heterocycles. The second-order valence-corrected chi connectivity index (χ2v) is 6.04. The Bertz CT molecular complexity index is 689. The summed E-state index contributed by atoms with van der Waals surface area (Å²) in [5.41, 5.74) is 7.69. The summed E-state index contributed by atoms with van der Waals surface area (Å²) in [5, 5.41) is 2.73. The lowest BCUT2D eigenvalue weighted by Crippen LogP contribution is -2.15. The van der Waals surface area contributed by atoms with Crippen LogP contribution in [-0.4, -0.2) is 5.91 Å². The van der Waals surface area contributed by atoms with Crippen LogP contribution in [0.4, 0.5) is 15.8 Å². The van der Waals surface area contributed by atoms with Gasteiger partial charge in [0.15, 0.2) is 0 Å². The van der Waals surface area contributed by atoms with Gasteiger partial charge in [-0.2, -0.15) is 0 Å². The molecular weight excluding hydrogens is 391 g/mol. The van der Waals surface area contributed by atoms with Crippen LogP contribution in [0.25, 0.3) is 0 Å². The Morgan fingerprint density at radius 3 is 2.65 bits per heavy atom. The van der Waals surface area contributed by atoms with Crippen molar-refractivity contribution in [2.75, 3.05) is 11.1 Å². The maximum Gasteiger partial charge on any atom is 0.257 e. The van der Waals surface area contributed by atoms with E-state index in [4.69, 9.17) is 5.73 Å². The van der Waals surface area contributed by atoms with E-state index in [1.165, 1.54) is 12.1 Å². The van der Waals surface area contributed by atoms with Crippen LogP contribution >= 0.6 is 31.9 Å². The van der Waals surface area contributed by atoms with Gasteiger partial charge in [0.25, 0.3) is 5.91 Å². The van der Waals surface area contributed by atoms with E-state index in [1.54, 1.807) is 25.1 Å². The normalized spacial score (nSPS) is 10.4. The number of rotatable bonds is 2. The van der Waals surface area contributed by atoms with Crippen LogP contribution in [-0.2, 0) is 0 Å². The highest BCUT2D eigenvalue weighted by molar-refractivity contribution is 9.10. The molecule has 2 aromatic rings. The van der Waals surface area contributed by atoms with Gasteiger partial charge in [-0.1, -0.05) is 15.9 Å². The molecular formula is C14H11Br2FN2O. The van der Waals surface area contributed by atoms with Gasteiger partial charge < -0.3 is 11.1 Å². The number of carbonyl (C=O) groups is 1. The van der Waals surface area contributed by atoms with Gasteiger partial charge in [0.2, 0.25) is 0 Å². The summed E-state index contributed by atoms with van der Waals surface area (Å²) in [5.74, 6) is -0.715. The Kier molecular flexibility index (Phi) is 4.45. The van der Waals surface area contributed by atoms with Gasteiger partial charge in [-0.05, 0) is 58.7 Å². The van der Waals surface area contributed by atoms with Crippen LogP contribution in [0.1, 0.15) is 15.9 Å². The average molecular weight is 402 g/mol. The van der Waals surface area contributed by atoms with Crippen molar-refractivity contribution in [3.05, 3.63) is 56.2 Å². The van der Waals surface area contributed by atoms with E-state index in [-0.39, 0.29) is 11.7 Å². The fourth-order valence-electron chi connectivity index (χ4n) is 1.70. The van der Waals surface area contributed by atoms with Gasteiger partial charge in [-0.15, -0.1) is 0 Å². The van der Waals surface area contributed by atoms with Gasteiger partial charge in [0.1, 0.15) is 5.82 Å². The maximum absolute atomic E-state index is 13.4. The molecule has 20 heavy (non-hydrogen) atoms. The molecule has 0 unspecified atom stereocenters. The first-order valence-corrected chi connectivity index (χ1v) is 7.29. The smallest absolute Gasteiger partial charge is 0.257 e. The Balaban J connectivity index is 2.32. The Labute approximate surface area is 132 Å². The van der Waals surface area contributed by atoms with Crippen molar-refractivity contribution in [1.29, 1.82) is 0 Å². The van der Waals surface area contributed by atoms with E-state index >= 15 is 0 Å². The number of aryl methyl sites for hydroxylation is 1. The first-order valence-electron chi connectivity index (χ1n) is 5.70. The number of hydrogen-bond donors (Lipinski definition) is 2. The summed E-state index contributed by atoms with van der Waals surface area (Å²) in [6.07, 6.45) is 0. The molecule has 3 nitrogen and oxygen atoms in total. The van der Waals surface area contributed by atoms with E-state index in [0.29, 0.717) is 27.0 Å². The third kappa shape index (κ3) is 3.19. The molecule has 0 heterocycles. The van der Waals surface area contributed by atoms with Gasteiger partial charge in [0, 0.05) is 15.8 Å². The van der Waals surface area contributed by atoms with E-state index in [2.05, 4.69) is 37.2 Å². The van der Waals surface area contributed by atoms with Crippen molar-refractivity contribution in [2.45, 2.75) is 6.92 Å². The molecule has 0 aromatic heterocycles. The minimum Gasteiger partial charge on any atom is -0.398 e. The molecule has 104 valence electrons. The van der Waals surface area contributed by atoms with Crippen LogP contribution in [0.3, 0.4) is 0 Å². The summed E-state index contributed by atoms with van der Waals surface area (Å²) >= 11 is 6.39. The van der Waals surface area contributed by atoms with E-state index in [9.17, 15) is 9.18 Å². The lowest BCUT2D eigenvalue weighted by Gasteiger charge is -2.11. The molecule has 0 aliphatic carbocycles. The summed E-state index contributed by atoms with van der Waals surface area (Å²) in [6, 6.07) is 7.91. The molecule has 2 rings (SSSR count). The van der Waals surface area contributed by atoms with E-state index in [0.717, 1.165) is 4.47 Å². The van der Waals surface area contributed by atoms with Crippen molar-refractivity contribution < 1.29 is 9.18 Å². The summed E-state index contributed by atoms with van der Waals surface area (Å²) in [6.45, 7) is 1.72. The zero-order valence-electron chi connectivity index (χ0n) is 10.5. The highest BCUT2D eigenvalue weighted by Gasteiger charge is 2.13. The quantitative estimate of drug-likeness (QED) is 0.728. The molecule has 0 bridgehead atoms. The monoisotopic (exact) mass is 400 g/mol. The summed E-state index contributed by atoms with van der Waals surface area (Å²) < 4.78 is 14.4. The van der Waals surface area contributed by atoms with Crippen molar-refractivity contribution in [3.8, 4) is 0 Å². The minimum absolute atomic E-state index is 0.292. The molecule has 0 saturated heterocycles. The van der Waals surface area contributed by atoms with E-state index in [1.807, 2.05) is 0 Å². The van der Waals surface area contributed by atoms with Gasteiger partial charge >= 0.3 is 0 Å². The average Bonchev–Trinajstić information content (AvgIpc) is 2.38. The third-order valence-electron chi connectivity index (χ3n) is 2.78. The second kappa shape index (κ2) is 5.93. The highest BCUT2D eigenvalue weighted by Crippen LogP contribution is 2.26. The molecule has 6 heteroatoms. The van der Waals surface area contributed by atoms with Crippen LogP contribution in [0.15, 0.2) is 39.3 Å². The lowest BCUT2D eigenvalue weighted by molar-refractivity contribution is 0.102. The molecule has 3 N–H and O–H groups in total. The Morgan fingerprint density at radius 1 is 1.25 bits per heavy atom. The second-order valence-electron chi connectivity index (χ2n) is 4.27. The SMILES string of the molecule is Cc1cc(F)c(Br)cc1NC(=O)c1cc(Br)ccc1N. The summed E-state index contributed by atoms with van der Waals surface area (Å²) in [4.78, 5) is 12.2. The maximum atomic E-state index is 13.4. The molecule has 0 fully saturated rings. The number of nitrogen functional groups attached to an aromatic ring is 1. The van der Waals surface area contributed by atoms with Crippen molar-refractivity contribution >= 4 is 49.1 Å². The van der Waals surface area contributed by atoms with Crippen LogP contribution in [0, 0.1) is 12.7 Å². The predicted molar refractivity (Wildman–Crippen MR) is 85.3 cm³/mol. The number of amides is 1. The van der Waals surface area contributed by atoms with Crippen LogP contribution < -0.4 is 11.1 Å². The fourth-order valence-corrected chi connectivity index (χ4v) is 2.40. The first kappa shape index (κ1) is 15.0. The minimum atomic E-state index is -0.373.